The van der Waals surface area contributed by atoms with Gasteiger partial charge in [0.25, 0.3) is 0 Å². The summed E-state index contributed by atoms with van der Waals surface area (Å²) in [6, 6.07) is 4.46. The maximum atomic E-state index is 12.7. The zero-order chi connectivity index (χ0) is 16.8. The molecular formula is C14H16N4O4S. The van der Waals surface area contributed by atoms with Crippen molar-refractivity contribution in [3.63, 3.8) is 0 Å². The van der Waals surface area contributed by atoms with E-state index in [9.17, 15) is 13.2 Å². The Morgan fingerprint density at radius 1 is 1.22 bits per heavy atom. The van der Waals surface area contributed by atoms with Crippen LogP contribution in [0, 0.1) is 13.8 Å². The molecule has 8 nitrogen and oxygen atoms in total. The normalized spacial score (nSPS) is 12.3. The minimum Gasteiger partial charge on any atom is -0.361 e. The highest BCUT2D eigenvalue weighted by molar-refractivity contribution is 7.89. The van der Waals surface area contributed by atoms with Crippen LogP contribution in [0.3, 0.4) is 0 Å². The number of rotatable bonds is 4. The summed E-state index contributed by atoms with van der Waals surface area (Å²) >= 11 is 0. The van der Waals surface area contributed by atoms with Gasteiger partial charge in [0, 0.05) is 19.2 Å². The first-order valence-corrected chi connectivity index (χ1v) is 8.33. The fourth-order valence-electron chi connectivity index (χ4n) is 2.39. The monoisotopic (exact) mass is 336 g/mol. The molecule has 2 heterocycles. The summed E-state index contributed by atoms with van der Waals surface area (Å²) in [5.41, 5.74) is 2.03. The fraction of sp³-hybridized carbons (Fsp3) is 0.286. The van der Waals surface area contributed by atoms with Crippen molar-refractivity contribution in [1.82, 2.24) is 19.4 Å². The van der Waals surface area contributed by atoms with E-state index < -0.39 is 10.0 Å². The van der Waals surface area contributed by atoms with Gasteiger partial charge in [-0.2, -0.15) is 4.31 Å². The SMILES string of the molecule is Cc1noc(C)c1CN(C)S(=O)(=O)c1ccc2[nH]c(=O)[nH]c2c1. The second-order valence-corrected chi connectivity index (χ2v) is 7.40. The van der Waals surface area contributed by atoms with Gasteiger partial charge in [0.05, 0.1) is 21.6 Å². The Balaban J connectivity index is 1.97. The third kappa shape index (κ3) is 2.68. The van der Waals surface area contributed by atoms with E-state index in [1.165, 1.54) is 23.5 Å². The van der Waals surface area contributed by atoms with Gasteiger partial charge >= 0.3 is 5.69 Å². The number of H-pyrrole nitrogens is 2. The first-order chi connectivity index (χ1) is 10.8. The Morgan fingerprint density at radius 2 is 1.91 bits per heavy atom. The van der Waals surface area contributed by atoms with Crippen molar-refractivity contribution in [2.24, 2.45) is 0 Å². The molecule has 2 aromatic heterocycles. The molecule has 0 saturated carbocycles. The molecule has 0 aliphatic rings. The summed E-state index contributed by atoms with van der Waals surface area (Å²) in [6.07, 6.45) is 0. The quantitative estimate of drug-likeness (QED) is 0.745. The lowest BCUT2D eigenvalue weighted by Crippen LogP contribution is -2.26. The Kier molecular flexibility index (Phi) is 3.61. The standard InChI is InChI=1S/C14H16N4O4S/c1-8-11(9(2)22-17-8)7-18(3)23(20,21)10-4-5-12-13(6-10)16-14(19)15-12/h4-6H,7H2,1-3H3,(H2,15,16,19). The number of sulfonamides is 1. The van der Waals surface area contributed by atoms with E-state index in [-0.39, 0.29) is 17.1 Å². The van der Waals surface area contributed by atoms with Gasteiger partial charge in [-0.3, -0.25) is 0 Å². The van der Waals surface area contributed by atoms with E-state index >= 15 is 0 Å². The van der Waals surface area contributed by atoms with Crippen LogP contribution in [0.1, 0.15) is 17.0 Å². The van der Waals surface area contributed by atoms with E-state index in [0.29, 0.717) is 22.5 Å². The molecule has 0 unspecified atom stereocenters. The number of imidazole rings is 1. The van der Waals surface area contributed by atoms with E-state index in [0.717, 1.165) is 5.56 Å². The van der Waals surface area contributed by atoms with Gasteiger partial charge in [0.1, 0.15) is 5.76 Å². The van der Waals surface area contributed by atoms with Crippen LogP contribution in [0.5, 0.6) is 0 Å². The van der Waals surface area contributed by atoms with Gasteiger partial charge < -0.3 is 14.5 Å². The molecule has 23 heavy (non-hydrogen) atoms. The number of nitrogens with one attached hydrogen (secondary N) is 2. The molecule has 1 aromatic carbocycles. The number of hydrogen-bond donors (Lipinski definition) is 2. The molecule has 0 fully saturated rings. The molecular weight excluding hydrogens is 320 g/mol. The van der Waals surface area contributed by atoms with Gasteiger partial charge in [-0.15, -0.1) is 0 Å². The Morgan fingerprint density at radius 3 is 2.57 bits per heavy atom. The molecule has 9 heteroatoms. The number of aromatic nitrogens is 3. The third-order valence-electron chi connectivity index (χ3n) is 3.76. The topological polar surface area (TPSA) is 112 Å². The van der Waals surface area contributed by atoms with Gasteiger partial charge in [0.2, 0.25) is 10.0 Å². The largest absolute Gasteiger partial charge is 0.361 e. The number of benzene rings is 1. The summed E-state index contributed by atoms with van der Waals surface area (Å²) in [5, 5.41) is 3.83. The molecule has 0 atom stereocenters. The molecule has 0 spiro atoms. The summed E-state index contributed by atoms with van der Waals surface area (Å²) in [5.74, 6) is 0.593. The highest BCUT2D eigenvalue weighted by Gasteiger charge is 2.24. The zero-order valence-corrected chi connectivity index (χ0v) is 13.7. The van der Waals surface area contributed by atoms with Crippen molar-refractivity contribution >= 4 is 21.1 Å². The van der Waals surface area contributed by atoms with Crippen LogP contribution in [0.15, 0.2) is 32.4 Å². The lowest BCUT2D eigenvalue weighted by molar-refractivity contribution is 0.390. The minimum absolute atomic E-state index is 0.106. The summed E-state index contributed by atoms with van der Waals surface area (Å²) < 4.78 is 31.7. The van der Waals surface area contributed by atoms with E-state index in [1.807, 2.05) is 0 Å². The molecule has 0 amide bonds. The average molecular weight is 336 g/mol. The van der Waals surface area contributed by atoms with Crippen molar-refractivity contribution in [2.45, 2.75) is 25.3 Å². The maximum absolute atomic E-state index is 12.7. The van der Waals surface area contributed by atoms with E-state index in [4.69, 9.17) is 4.52 Å². The van der Waals surface area contributed by atoms with Crippen LogP contribution in [0.25, 0.3) is 11.0 Å². The molecule has 0 aliphatic heterocycles. The van der Waals surface area contributed by atoms with Crippen molar-refractivity contribution in [3.8, 4) is 0 Å². The summed E-state index contributed by atoms with van der Waals surface area (Å²) in [4.78, 5) is 16.5. The lowest BCUT2D eigenvalue weighted by atomic mass is 10.2. The first kappa shape index (κ1) is 15.5. The number of aromatic amines is 2. The van der Waals surface area contributed by atoms with Gasteiger partial charge in [-0.1, -0.05) is 5.16 Å². The highest BCUT2D eigenvalue weighted by atomic mass is 32.2. The second-order valence-electron chi connectivity index (χ2n) is 5.35. The second kappa shape index (κ2) is 5.36. The van der Waals surface area contributed by atoms with Crippen molar-refractivity contribution in [1.29, 1.82) is 0 Å². The Hall–Kier alpha value is -2.39. The number of aryl methyl sites for hydroxylation is 2. The predicted octanol–water partition coefficient (Wildman–Crippen LogP) is 1.28. The lowest BCUT2D eigenvalue weighted by Gasteiger charge is -2.17. The van der Waals surface area contributed by atoms with Gasteiger partial charge in [0.15, 0.2) is 0 Å². The van der Waals surface area contributed by atoms with Crippen LogP contribution in [0.2, 0.25) is 0 Å². The van der Waals surface area contributed by atoms with Crippen LogP contribution in [-0.4, -0.2) is 34.9 Å². The molecule has 122 valence electrons. The Bertz CT molecular complexity index is 1010. The summed E-state index contributed by atoms with van der Waals surface area (Å²) in [6.45, 7) is 3.67. The molecule has 3 aromatic rings. The van der Waals surface area contributed by atoms with E-state index in [1.54, 1.807) is 19.9 Å². The Labute approximate surface area is 132 Å². The number of nitrogens with zero attached hydrogens (tertiary/aromatic N) is 2. The van der Waals surface area contributed by atoms with Gasteiger partial charge in [-0.25, -0.2) is 13.2 Å². The molecule has 0 radical (unpaired) electrons. The zero-order valence-electron chi connectivity index (χ0n) is 12.9. The highest BCUT2D eigenvalue weighted by Crippen LogP contribution is 2.22. The average Bonchev–Trinajstić information content (AvgIpc) is 3.01. The summed E-state index contributed by atoms with van der Waals surface area (Å²) in [7, 11) is -2.21. The van der Waals surface area contributed by atoms with E-state index in [2.05, 4.69) is 15.1 Å². The minimum atomic E-state index is -3.70. The van der Waals surface area contributed by atoms with Gasteiger partial charge in [-0.05, 0) is 32.0 Å². The maximum Gasteiger partial charge on any atom is 0.323 e. The van der Waals surface area contributed by atoms with Crippen LogP contribution >= 0.6 is 0 Å². The smallest absolute Gasteiger partial charge is 0.323 e. The predicted molar refractivity (Wildman–Crippen MR) is 83.5 cm³/mol. The molecule has 0 saturated heterocycles. The molecule has 2 N–H and O–H groups in total. The molecule has 0 aliphatic carbocycles. The van der Waals surface area contributed by atoms with Crippen molar-refractivity contribution in [2.75, 3.05) is 7.05 Å². The van der Waals surface area contributed by atoms with Crippen LogP contribution < -0.4 is 5.69 Å². The van der Waals surface area contributed by atoms with Crippen molar-refractivity contribution in [3.05, 3.63) is 45.7 Å². The van der Waals surface area contributed by atoms with Crippen LogP contribution in [0.4, 0.5) is 0 Å². The number of fused-ring (bicyclic) bond motifs is 1. The fourth-order valence-corrected chi connectivity index (χ4v) is 3.55. The van der Waals surface area contributed by atoms with Crippen molar-refractivity contribution < 1.29 is 12.9 Å². The third-order valence-corrected chi connectivity index (χ3v) is 5.56. The first-order valence-electron chi connectivity index (χ1n) is 6.89. The van der Waals surface area contributed by atoms with Crippen LogP contribution in [-0.2, 0) is 16.6 Å². The number of hydrogen-bond acceptors (Lipinski definition) is 5. The molecule has 3 rings (SSSR count). The molecule has 0 bridgehead atoms.